The second-order valence-corrected chi connectivity index (χ2v) is 7.30. The molecule has 2 heterocycles. The Hall–Kier alpha value is -2.50. The first-order chi connectivity index (χ1) is 12.6. The van der Waals surface area contributed by atoms with Crippen LogP contribution in [0.15, 0.2) is 30.3 Å². The molecule has 1 N–H and O–H groups in total. The van der Waals surface area contributed by atoms with Crippen LogP contribution in [0.1, 0.15) is 42.9 Å². The fourth-order valence-electron chi connectivity index (χ4n) is 3.44. The zero-order valence-corrected chi connectivity index (χ0v) is 14.9. The van der Waals surface area contributed by atoms with E-state index < -0.39 is 0 Å². The van der Waals surface area contributed by atoms with Crippen LogP contribution in [0, 0.1) is 18.7 Å². The van der Waals surface area contributed by atoms with Gasteiger partial charge in [-0.3, -0.25) is 4.79 Å². The maximum Gasteiger partial charge on any atom is 0.227 e. The Morgan fingerprint density at radius 1 is 1.12 bits per heavy atom. The molecule has 2 aromatic rings. The highest BCUT2D eigenvalue weighted by atomic mass is 19.1. The first kappa shape index (κ1) is 16.9. The Morgan fingerprint density at radius 3 is 2.54 bits per heavy atom. The third-order valence-corrected chi connectivity index (χ3v) is 5.31. The second-order valence-electron chi connectivity index (χ2n) is 7.30. The number of halogens is 1. The summed E-state index contributed by atoms with van der Waals surface area (Å²) >= 11 is 0. The summed E-state index contributed by atoms with van der Waals surface area (Å²) in [5.41, 5.74) is 2.51. The summed E-state index contributed by atoms with van der Waals surface area (Å²) in [6, 6.07) is 8.57. The molecule has 0 unspecified atom stereocenters. The molecule has 4 rings (SSSR count). The summed E-state index contributed by atoms with van der Waals surface area (Å²) < 4.78 is 13.4. The van der Waals surface area contributed by atoms with Crippen LogP contribution in [0.2, 0.25) is 0 Å². The number of hydrogen-bond donors (Lipinski definition) is 1. The number of amides is 1. The minimum atomic E-state index is -0.339. The van der Waals surface area contributed by atoms with E-state index in [4.69, 9.17) is 0 Å². The Balaban J connectivity index is 1.33. The van der Waals surface area contributed by atoms with Crippen molar-refractivity contribution in [1.29, 1.82) is 0 Å². The third kappa shape index (κ3) is 3.69. The van der Waals surface area contributed by atoms with E-state index in [1.54, 1.807) is 6.07 Å². The average molecular weight is 354 g/mol. The molecular weight excluding hydrogens is 331 g/mol. The van der Waals surface area contributed by atoms with E-state index in [0.29, 0.717) is 11.6 Å². The summed E-state index contributed by atoms with van der Waals surface area (Å²) in [6.45, 7) is 3.41. The third-order valence-electron chi connectivity index (χ3n) is 5.31. The smallest absolute Gasteiger partial charge is 0.227 e. The number of carbonyl (C=O) groups excluding carboxylic acids is 1. The van der Waals surface area contributed by atoms with E-state index in [-0.39, 0.29) is 17.6 Å². The minimum absolute atomic E-state index is 0.0338. The van der Waals surface area contributed by atoms with Crippen molar-refractivity contribution in [3.8, 4) is 0 Å². The second kappa shape index (κ2) is 7.02. The van der Waals surface area contributed by atoms with Gasteiger partial charge in [0.15, 0.2) is 5.82 Å². The molecule has 136 valence electrons. The molecule has 0 spiro atoms. The number of piperidine rings is 1. The Morgan fingerprint density at radius 2 is 1.88 bits per heavy atom. The van der Waals surface area contributed by atoms with Crippen molar-refractivity contribution < 1.29 is 9.18 Å². The number of benzene rings is 1. The SMILES string of the molecule is Cc1ccc(F)cc1NC(=O)C1CCN(c2ccc(C3CC3)nn2)CC1. The van der Waals surface area contributed by atoms with Crippen molar-refractivity contribution in [2.45, 2.75) is 38.5 Å². The number of nitrogens with zero attached hydrogens (tertiary/aromatic N) is 3. The number of aromatic nitrogens is 2. The van der Waals surface area contributed by atoms with Gasteiger partial charge in [0.05, 0.1) is 5.69 Å². The number of nitrogens with one attached hydrogen (secondary N) is 1. The van der Waals surface area contributed by atoms with Gasteiger partial charge in [-0.05, 0) is 62.4 Å². The van der Waals surface area contributed by atoms with E-state index in [1.165, 1.54) is 25.0 Å². The van der Waals surface area contributed by atoms with Crippen LogP contribution < -0.4 is 10.2 Å². The van der Waals surface area contributed by atoms with Crippen LogP contribution in [-0.4, -0.2) is 29.2 Å². The molecule has 1 amide bonds. The highest BCUT2D eigenvalue weighted by Crippen LogP contribution is 2.38. The monoisotopic (exact) mass is 354 g/mol. The summed E-state index contributed by atoms with van der Waals surface area (Å²) in [7, 11) is 0. The molecule has 1 saturated carbocycles. The molecule has 26 heavy (non-hydrogen) atoms. The van der Waals surface area contributed by atoms with Crippen molar-refractivity contribution in [3.63, 3.8) is 0 Å². The summed E-state index contributed by atoms with van der Waals surface area (Å²) in [4.78, 5) is 14.7. The lowest BCUT2D eigenvalue weighted by Crippen LogP contribution is -2.38. The summed E-state index contributed by atoms with van der Waals surface area (Å²) in [5.74, 6) is 1.06. The molecule has 1 aliphatic carbocycles. The molecule has 2 fully saturated rings. The molecular formula is C20H23FN4O. The van der Waals surface area contributed by atoms with E-state index >= 15 is 0 Å². The van der Waals surface area contributed by atoms with Gasteiger partial charge in [-0.2, -0.15) is 5.10 Å². The van der Waals surface area contributed by atoms with E-state index in [0.717, 1.165) is 43.0 Å². The van der Waals surface area contributed by atoms with Crippen molar-refractivity contribution >= 4 is 17.4 Å². The standard InChI is InChI=1S/C20H23FN4O/c1-13-2-5-16(21)12-18(13)22-20(26)15-8-10-25(11-9-15)19-7-6-17(23-24-19)14-3-4-14/h2,5-7,12,14-15H,3-4,8-11H2,1H3,(H,22,26). The van der Waals surface area contributed by atoms with Crippen LogP contribution in [0.25, 0.3) is 0 Å². The largest absolute Gasteiger partial charge is 0.355 e. The fourth-order valence-corrected chi connectivity index (χ4v) is 3.44. The van der Waals surface area contributed by atoms with Crippen LogP contribution in [0.3, 0.4) is 0 Å². The van der Waals surface area contributed by atoms with Crippen molar-refractivity contribution in [2.24, 2.45) is 5.92 Å². The Bertz CT molecular complexity index is 796. The van der Waals surface area contributed by atoms with Gasteiger partial charge in [-0.15, -0.1) is 5.10 Å². The van der Waals surface area contributed by atoms with Gasteiger partial charge in [0.1, 0.15) is 5.82 Å². The molecule has 1 aromatic heterocycles. The number of aryl methyl sites for hydroxylation is 1. The summed E-state index contributed by atoms with van der Waals surface area (Å²) in [6.07, 6.45) is 3.96. The molecule has 2 aliphatic rings. The number of rotatable bonds is 4. The molecule has 5 nitrogen and oxygen atoms in total. The van der Waals surface area contributed by atoms with Crippen LogP contribution in [0.4, 0.5) is 15.9 Å². The maximum atomic E-state index is 13.4. The normalized spacial score (nSPS) is 18.0. The molecule has 1 aromatic carbocycles. The van der Waals surface area contributed by atoms with Crippen LogP contribution >= 0.6 is 0 Å². The average Bonchev–Trinajstić information content (AvgIpc) is 3.50. The van der Waals surface area contributed by atoms with Gasteiger partial charge < -0.3 is 10.2 Å². The quantitative estimate of drug-likeness (QED) is 0.910. The lowest BCUT2D eigenvalue weighted by molar-refractivity contribution is -0.120. The molecule has 1 saturated heterocycles. The maximum absolute atomic E-state index is 13.4. The van der Waals surface area contributed by atoms with Crippen molar-refractivity contribution in [2.75, 3.05) is 23.3 Å². The molecule has 0 atom stereocenters. The number of carbonyl (C=O) groups is 1. The zero-order chi connectivity index (χ0) is 18.1. The van der Waals surface area contributed by atoms with E-state index in [2.05, 4.69) is 26.5 Å². The fraction of sp³-hybridized carbons (Fsp3) is 0.450. The van der Waals surface area contributed by atoms with Gasteiger partial charge in [-0.25, -0.2) is 4.39 Å². The van der Waals surface area contributed by atoms with E-state index in [1.807, 2.05) is 13.0 Å². The lowest BCUT2D eigenvalue weighted by Gasteiger charge is -2.32. The topological polar surface area (TPSA) is 58.1 Å². The van der Waals surface area contributed by atoms with Crippen LogP contribution in [0.5, 0.6) is 0 Å². The van der Waals surface area contributed by atoms with Crippen molar-refractivity contribution in [1.82, 2.24) is 10.2 Å². The van der Waals surface area contributed by atoms with Gasteiger partial charge in [0.25, 0.3) is 0 Å². The zero-order valence-electron chi connectivity index (χ0n) is 14.9. The van der Waals surface area contributed by atoms with Crippen molar-refractivity contribution in [3.05, 3.63) is 47.4 Å². The predicted octanol–water partition coefficient (Wildman–Crippen LogP) is 3.66. The number of hydrogen-bond acceptors (Lipinski definition) is 4. The van der Waals surface area contributed by atoms with Gasteiger partial charge in [0.2, 0.25) is 5.91 Å². The molecule has 1 aliphatic heterocycles. The minimum Gasteiger partial charge on any atom is -0.355 e. The molecule has 0 bridgehead atoms. The first-order valence-electron chi connectivity index (χ1n) is 9.26. The van der Waals surface area contributed by atoms with Crippen LogP contribution in [-0.2, 0) is 4.79 Å². The number of anilines is 2. The Kier molecular flexibility index (Phi) is 4.57. The highest BCUT2D eigenvalue weighted by Gasteiger charge is 2.28. The lowest BCUT2D eigenvalue weighted by atomic mass is 9.95. The highest BCUT2D eigenvalue weighted by molar-refractivity contribution is 5.93. The predicted molar refractivity (Wildman–Crippen MR) is 98.7 cm³/mol. The Labute approximate surface area is 152 Å². The molecule has 0 radical (unpaired) electrons. The van der Waals surface area contributed by atoms with E-state index in [9.17, 15) is 9.18 Å². The van der Waals surface area contributed by atoms with Gasteiger partial charge in [-0.1, -0.05) is 6.07 Å². The summed E-state index contributed by atoms with van der Waals surface area (Å²) in [5, 5.41) is 11.6. The van der Waals surface area contributed by atoms with Gasteiger partial charge in [0, 0.05) is 30.6 Å². The van der Waals surface area contributed by atoms with Gasteiger partial charge >= 0.3 is 0 Å². The first-order valence-corrected chi connectivity index (χ1v) is 9.26. The molecule has 6 heteroatoms.